The summed E-state index contributed by atoms with van der Waals surface area (Å²) in [6, 6.07) is 0.775. The van der Waals surface area contributed by atoms with Crippen LogP contribution in [0.2, 0.25) is 0 Å². The molecule has 11 heavy (non-hydrogen) atoms. The summed E-state index contributed by atoms with van der Waals surface area (Å²) in [5, 5.41) is 0. The summed E-state index contributed by atoms with van der Waals surface area (Å²) >= 11 is 0. The Balaban J connectivity index is 2.48. The topological polar surface area (TPSA) is 3.24 Å². The SMILES string of the molecule is C=CN1CCCC1C(C)CC. The summed E-state index contributed by atoms with van der Waals surface area (Å²) in [6.45, 7) is 9.66. The smallest absolute Gasteiger partial charge is 0.0310 e. The summed E-state index contributed by atoms with van der Waals surface area (Å²) < 4.78 is 0. The van der Waals surface area contributed by atoms with Crippen LogP contribution in [0, 0.1) is 5.92 Å². The van der Waals surface area contributed by atoms with Crippen LogP contribution in [0.5, 0.6) is 0 Å². The minimum absolute atomic E-state index is 0.775. The van der Waals surface area contributed by atoms with Gasteiger partial charge in [-0.15, -0.1) is 0 Å². The number of rotatable bonds is 3. The highest BCUT2D eigenvalue weighted by Gasteiger charge is 2.25. The Bertz CT molecular complexity index is 131. The highest BCUT2D eigenvalue weighted by molar-refractivity contribution is 4.87. The molecule has 1 saturated heterocycles. The lowest BCUT2D eigenvalue weighted by Gasteiger charge is -2.27. The summed E-state index contributed by atoms with van der Waals surface area (Å²) in [7, 11) is 0. The maximum absolute atomic E-state index is 3.84. The van der Waals surface area contributed by atoms with Crippen molar-refractivity contribution in [1.82, 2.24) is 4.90 Å². The van der Waals surface area contributed by atoms with E-state index in [-0.39, 0.29) is 0 Å². The quantitative estimate of drug-likeness (QED) is 0.602. The van der Waals surface area contributed by atoms with Gasteiger partial charge in [-0.3, -0.25) is 0 Å². The highest BCUT2D eigenvalue weighted by atomic mass is 15.2. The van der Waals surface area contributed by atoms with Crippen molar-refractivity contribution in [3.63, 3.8) is 0 Å². The van der Waals surface area contributed by atoms with E-state index >= 15 is 0 Å². The van der Waals surface area contributed by atoms with Gasteiger partial charge in [0.1, 0.15) is 0 Å². The van der Waals surface area contributed by atoms with Crippen LogP contribution in [-0.4, -0.2) is 17.5 Å². The van der Waals surface area contributed by atoms with Crippen LogP contribution in [0.1, 0.15) is 33.1 Å². The molecule has 64 valence electrons. The molecule has 1 rings (SSSR count). The van der Waals surface area contributed by atoms with Gasteiger partial charge in [-0.05, 0) is 25.0 Å². The van der Waals surface area contributed by atoms with Crippen LogP contribution < -0.4 is 0 Å². The Morgan fingerprint density at radius 2 is 2.45 bits per heavy atom. The summed E-state index contributed by atoms with van der Waals surface area (Å²) in [5.41, 5.74) is 0. The zero-order valence-electron chi connectivity index (χ0n) is 7.71. The lowest BCUT2D eigenvalue weighted by molar-refractivity contribution is 0.261. The van der Waals surface area contributed by atoms with Crippen molar-refractivity contribution in [3.8, 4) is 0 Å². The molecule has 1 heterocycles. The van der Waals surface area contributed by atoms with Crippen molar-refractivity contribution < 1.29 is 0 Å². The molecule has 0 N–H and O–H groups in total. The third kappa shape index (κ3) is 1.76. The molecule has 0 amide bonds. The van der Waals surface area contributed by atoms with Crippen LogP contribution in [0.15, 0.2) is 12.8 Å². The summed E-state index contributed by atoms with van der Waals surface area (Å²) in [4.78, 5) is 2.40. The molecule has 1 aliphatic heterocycles. The van der Waals surface area contributed by atoms with E-state index in [1.165, 1.54) is 25.8 Å². The minimum Gasteiger partial charge on any atom is -0.375 e. The van der Waals surface area contributed by atoms with Gasteiger partial charge in [0.05, 0.1) is 0 Å². The second-order valence-electron chi connectivity index (χ2n) is 3.52. The van der Waals surface area contributed by atoms with Crippen molar-refractivity contribution in [3.05, 3.63) is 12.8 Å². The average Bonchev–Trinajstić information content (AvgIpc) is 2.50. The Morgan fingerprint density at radius 3 is 3.00 bits per heavy atom. The van der Waals surface area contributed by atoms with Gasteiger partial charge in [-0.2, -0.15) is 0 Å². The largest absolute Gasteiger partial charge is 0.375 e. The summed E-state index contributed by atoms with van der Waals surface area (Å²) in [6.07, 6.45) is 6.00. The Hall–Kier alpha value is -0.460. The third-order valence-electron chi connectivity index (χ3n) is 2.88. The fourth-order valence-corrected chi connectivity index (χ4v) is 1.92. The van der Waals surface area contributed by atoms with E-state index in [0.717, 1.165) is 12.0 Å². The molecule has 0 aromatic heterocycles. The van der Waals surface area contributed by atoms with Gasteiger partial charge >= 0.3 is 0 Å². The van der Waals surface area contributed by atoms with Crippen molar-refractivity contribution in [1.29, 1.82) is 0 Å². The molecule has 1 aliphatic rings. The molecular formula is C10H19N. The van der Waals surface area contributed by atoms with Gasteiger partial charge in [0.2, 0.25) is 0 Å². The van der Waals surface area contributed by atoms with Crippen LogP contribution in [-0.2, 0) is 0 Å². The Kier molecular flexibility index (Phi) is 2.98. The van der Waals surface area contributed by atoms with Crippen molar-refractivity contribution in [2.75, 3.05) is 6.54 Å². The standard InChI is InChI=1S/C10H19N/c1-4-9(3)10-7-6-8-11(10)5-2/h5,9-10H,2,4,6-8H2,1,3H3. The van der Waals surface area contributed by atoms with E-state index in [1.807, 2.05) is 6.20 Å². The van der Waals surface area contributed by atoms with Crippen LogP contribution >= 0.6 is 0 Å². The first-order chi connectivity index (χ1) is 5.29. The highest BCUT2D eigenvalue weighted by Crippen LogP contribution is 2.25. The second kappa shape index (κ2) is 3.80. The van der Waals surface area contributed by atoms with E-state index in [4.69, 9.17) is 0 Å². The second-order valence-corrected chi connectivity index (χ2v) is 3.52. The Labute approximate surface area is 70.1 Å². The normalized spacial score (nSPS) is 27.1. The van der Waals surface area contributed by atoms with Gasteiger partial charge < -0.3 is 4.90 Å². The zero-order valence-corrected chi connectivity index (χ0v) is 7.71. The van der Waals surface area contributed by atoms with E-state index in [9.17, 15) is 0 Å². The molecule has 0 radical (unpaired) electrons. The molecule has 0 aromatic carbocycles. The summed E-state index contributed by atoms with van der Waals surface area (Å²) in [5.74, 6) is 0.829. The maximum atomic E-state index is 3.84. The van der Waals surface area contributed by atoms with Crippen LogP contribution in [0.25, 0.3) is 0 Å². The fraction of sp³-hybridized carbons (Fsp3) is 0.800. The molecule has 2 atom stereocenters. The van der Waals surface area contributed by atoms with Crippen molar-refractivity contribution in [2.45, 2.75) is 39.2 Å². The minimum atomic E-state index is 0.775. The van der Waals surface area contributed by atoms with Crippen LogP contribution in [0.3, 0.4) is 0 Å². The van der Waals surface area contributed by atoms with Gasteiger partial charge in [-0.1, -0.05) is 26.8 Å². The average molecular weight is 153 g/mol. The van der Waals surface area contributed by atoms with E-state index in [2.05, 4.69) is 25.3 Å². The van der Waals surface area contributed by atoms with Crippen molar-refractivity contribution in [2.24, 2.45) is 5.92 Å². The zero-order chi connectivity index (χ0) is 8.27. The Morgan fingerprint density at radius 1 is 1.73 bits per heavy atom. The van der Waals surface area contributed by atoms with E-state index < -0.39 is 0 Å². The molecule has 0 spiro atoms. The first-order valence-corrected chi connectivity index (χ1v) is 4.68. The number of hydrogen-bond donors (Lipinski definition) is 0. The van der Waals surface area contributed by atoms with Gasteiger partial charge in [0.25, 0.3) is 0 Å². The fourth-order valence-electron chi connectivity index (χ4n) is 1.92. The van der Waals surface area contributed by atoms with Crippen LogP contribution in [0.4, 0.5) is 0 Å². The monoisotopic (exact) mass is 153 g/mol. The van der Waals surface area contributed by atoms with Crippen molar-refractivity contribution >= 4 is 0 Å². The lowest BCUT2D eigenvalue weighted by atomic mass is 9.97. The van der Waals surface area contributed by atoms with Gasteiger partial charge in [-0.25, -0.2) is 0 Å². The molecule has 0 aromatic rings. The molecule has 1 fully saturated rings. The number of nitrogens with zero attached hydrogens (tertiary/aromatic N) is 1. The first kappa shape index (κ1) is 8.63. The lowest BCUT2D eigenvalue weighted by Crippen LogP contribution is -2.29. The first-order valence-electron chi connectivity index (χ1n) is 4.68. The molecule has 0 bridgehead atoms. The number of likely N-dealkylation sites (tertiary alicyclic amines) is 1. The predicted molar refractivity (Wildman–Crippen MR) is 49.4 cm³/mol. The molecular weight excluding hydrogens is 134 g/mol. The number of hydrogen-bond acceptors (Lipinski definition) is 1. The maximum Gasteiger partial charge on any atom is 0.0310 e. The van der Waals surface area contributed by atoms with Gasteiger partial charge in [0.15, 0.2) is 0 Å². The third-order valence-corrected chi connectivity index (χ3v) is 2.88. The van der Waals surface area contributed by atoms with Gasteiger partial charge in [0, 0.05) is 12.6 Å². The predicted octanol–water partition coefficient (Wildman–Crippen LogP) is 2.64. The molecule has 1 nitrogen and oxygen atoms in total. The van der Waals surface area contributed by atoms with E-state index in [1.54, 1.807) is 0 Å². The molecule has 0 aliphatic carbocycles. The molecule has 2 unspecified atom stereocenters. The van der Waals surface area contributed by atoms with E-state index in [0.29, 0.717) is 0 Å². The molecule has 1 heteroatoms. The molecule has 0 saturated carbocycles.